The molecule has 0 amide bonds. The highest BCUT2D eigenvalue weighted by Gasteiger charge is 2.46. The van der Waals surface area contributed by atoms with Crippen LogP contribution in [0.15, 0.2) is 18.2 Å². The molecule has 0 spiro atoms. The molecule has 0 N–H and O–H groups in total. The van der Waals surface area contributed by atoms with E-state index in [1.165, 1.54) is 24.0 Å². The van der Waals surface area contributed by atoms with Gasteiger partial charge in [0.15, 0.2) is 5.82 Å². The van der Waals surface area contributed by atoms with Crippen LogP contribution in [0, 0.1) is 6.92 Å². The first-order chi connectivity index (χ1) is 12.3. The maximum atomic E-state index is 5.59. The van der Waals surface area contributed by atoms with Crippen LogP contribution in [0.1, 0.15) is 49.6 Å². The lowest BCUT2D eigenvalue weighted by Gasteiger charge is -2.42. The Balaban J connectivity index is 1.83. The molecule has 1 saturated heterocycles. The molecule has 1 aromatic heterocycles. The van der Waals surface area contributed by atoms with Crippen molar-refractivity contribution in [2.75, 3.05) is 26.3 Å². The minimum atomic E-state index is -0.0550. The second kappa shape index (κ2) is 6.84. The Morgan fingerprint density at radius 3 is 2.64 bits per heavy atom. The predicted molar refractivity (Wildman–Crippen MR) is 95.8 cm³/mol. The van der Waals surface area contributed by atoms with Gasteiger partial charge in [-0.2, -0.15) is 4.68 Å². The quantitative estimate of drug-likeness (QED) is 0.856. The van der Waals surface area contributed by atoms with Crippen molar-refractivity contribution in [1.29, 1.82) is 0 Å². The zero-order valence-electron chi connectivity index (χ0n) is 15.2. The Morgan fingerprint density at radius 2 is 1.92 bits per heavy atom. The summed E-state index contributed by atoms with van der Waals surface area (Å²) in [7, 11) is 0. The molecule has 1 aromatic carbocycles. The maximum absolute atomic E-state index is 5.59. The highest BCUT2D eigenvalue weighted by atomic mass is 16.5. The summed E-state index contributed by atoms with van der Waals surface area (Å²) in [6, 6.07) is 6.45. The molecule has 2 aromatic rings. The fourth-order valence-corrected chi connectivity index (χ4v) is 4.57. The number of aromatic nitrogens is 4. The van der Waals surface area contributed by atoms with E-state index in [9.17, 15) is 0 Å². The SMILES string of the molecule is CCc1cccc(C)c1-n1nnnc1C1(N2CCOCC2)CCCC1. The van der Waals surface area contributed by atoms with Gasteiger partial charge in [-0.05, 0) is 47.7 Å². The smallest absolute Gasteiger partial charge is 0.176 e. The monoisotopic (exact) mass is 341 g/mol. The largest absolute Gasteiger partial charge is 0.379 e. The molecule has 0 atom stereocenters. The lowest BCUT2D eigenvalue weighted by molar-refractivity contribution is -0.0273. The van der Waals surface area contributed by atoms with Gasteiger partial charge in [-0.15, -0.1) is 5.10 Å². The van der Waals surface area contributed by atoms with Crippen LogP contribution in [0.25, 0.3) is 5.69 Å². The van der Waals surface area contributed by atoms with Gasteiger partial charge in [0.1, 0.15) is 0 Å². The first kappa shape index (κ1) is 16.7. The molecule has 25 heavy (non-hydrogen) atoms. The van der Waals surface area contributed by atoms with E-state index < -0.39 is 0 Å². The average Bonchev–Trinajstić information content (AvgIpc) is 3.32. The Hall–Kier alpha value is -1.79. The van der Waals surface area contributed by atoms with Crippen LogP contribution in [0.5, 0.6) is 0 Å². The molecule has 0 unspecified atom stereocenters. The topological polar surface area (TPSA) is 56.1 Å². The van der Waals surface area contributed by atoms with Crippen molar-refractivity contribution in [1.82, 2.24) is 25.1 Å². The summed E-state index contributed by atoms with van der Waals surface area (Å²) in [5.41, 5.74) is 3.62. The number of para-hydroxylation sites is 1. The van der Waals surface area contributed by atoms with Gasteiger partial charge >= 0.3 is 0 Å². The Labute approximate surface area is 149 Å². The Morgan fingerprint density at radius 1 is 1.16 bits per heavy atom. The second-order valence-electron chi connectivity index (χ2n) is 7.19. The van der Waals surface area contributed by atoms with Gasteiger partial charge in [0.05, 0.1) is 24.4 Å². The molecule has 1 saturated carbocycles. The number of ether oxygens (including phenoxy) is 1. The van der Waals surface area contributed by atoms with Gasteiger partial charge in [-0.1, -0.05) is 38.0 Å². The summed E-state index contributed by atoms with van der Waals surface area (Å²) >= 11 is 0. The Kier molecular flexibility index (Phi) is 4.56. The number of morpholine rings is 1. The van der Waals surface area contributed by atoms with Gasteiger partial charge in [0, 0.05) is 13.1 Å². The number of nitrogens with zero attached hydrogens (tertiary/aromatic N) is 5. The first-order valence-corrected chi connectivity index (χ1v) is 9.47. The summed E-state index contributed by atoms with van der Waals surface area (Å²) in [6.07, 6.45) is 5.69. The molecular formula is C19H27N5O. The zero-order chi connectivity index (χ0) is 17.3. The third-order valence-corrected chi connectivity index (χ3v) is 5.85. The third kappa shape index (κ3) is 2.77. The lowest BCUT2D eigenvalue weighted by Crippen LogP contribution is -2.51. The highest BCUT2D eigenvalue weighted by molar-refractivity contribution is 5.48. The van der Waals surface area contributed by atoms with Crippen molar-refractivity contribution in [3.8, 4) is 5.69 Å². The number of hydrogen-bond acceptors (Lipinski definition) is 5. The van der Waals surface area contributed by atoms with Gasteiger partial charge in [0.2, 0.25) is 0 Å². The number of benzene rings is 1. The van der Waals surface area contributed by atoms with E-state index in [0.29, 0.717) is 0 Å². The van der Waals surface area contributed by atoms with Crippen LogP contribution >= 0.6 is 0 Å². The summed E-state index contributed by atoms with van der Waals surface area (Å²) in [5.74, 6) is 1.01. The van der Waals surface area contributed by atoms with Crippen LogP contribution in [-0.2, 0) is 16.7 Å². The molecule has 6 nitrogen and oxygen atoms in total. The van der Waals surface area contributed by atoms with Crippen molar-refractivity contribution in [3.05, 3.63) is 35.2 Å². The minimum absolute atomic E-state index is 0.0550. The second-order valence-corrected chi connectivity index (χ2v) is 7.19. The molecule has 4 rings (SSSR count). The van der Waals surface area contributed by atoms with E-state index >= 15 is 0 Å². The predicted octanol–water partition coefficient (Wildman–Crippen LogP) is 2.63. The first-order valence-electron chi connectivity index (χ1n) is 9.47. The summed E-state index contributed by atoms with van der Waals surface area (Å²) in [4.78, 5) is 2.57. The summed E-state index contributed by atoms with van der Waals surface area (Å²) in [5, 5.41) is 13.1. The number of aryl methyl sites for hydroxylation is 2. The fourth-order valence-electron chi connectivity index (χ4n) is 4.57. The summed E-state index contributed by atoms with van der Waals surface area (Å²) < 4.78 is 7.61. The Bertz CT molecular complexity index is 729. The molecular weight excluding hydrogens is 314 g/mol. The van der Waals surface area contributed by atoms with E-state index in [1.807, 2.05) is 4.68 Å². The van der Waals surface area contributed by atoms with E-state index in [4.69, 9.17) is 4.74 Å². The van der Waals surface area contributed by atoms with Crippen LogP contribution in [0.4, 0.5) is 0 Å². The normalized spacial score (nSPS) is 20.9. The van der Waals surface area contributed by atoms with Crippen molar-refractivity contribution >= 4 is 0 Å². The number of hydrogen-bond donors (Lipinski definition) is 0. The minimum Gasteiger partial charge on any atom is -0.379 e. The van der Waals surface area contributed by atoms with E-state index in [-0.39, 0.29) is 5.54 Å². The molecule has 1 aliphatic heterocycles. The van der Waals surface area contributed by atoms with Gasteiger partial charge in [0.25, 0.3) is 0 Å². The van der Waals surface area contributed by atoms with Crippen molar-refractivity contribution in [2.45, 2.75) is 51.5 Å². The molecule has 6 heteroatoms. The number of tetrazole rings is 1. The fraction of sp³-hybridized carbons (Fsp3) is 0.632. The maximum Gasteiger partial charge on any atom is 0.176 e. The molecule has 134 valence electrons. The molecule has 0 bridgehead atoms. The van der Waals surface area contributed by atoms with E-state index in [2.05, 4.69) is 52.5 Å². The summed E-state index contributed by atoms with van der Waals surface area (Å²) in [6.45, 7) is 7.86. The number of rotatable bonds is 4. The standard InChI is InChI=1S/C19H27N5O/c1-3-16-8-6-7-15(2)17(16)24-18(20-21-22-24)19(9-4-5-10-19)23-11-13-25-14-12-23/h6-8H,3-5,9-14H2,1-2H3. The molecule has 2 fully saturated rings. The van der Waals surface area contributed by atoms with Gasteiger partial charge in [-0.25, -0.2) is 0 Å². The zero-order valence-corrected chi connectivity index (χ0v) is 15.2. The van der Waals surface area contributed by atoms with Crippen LogP contribution < -0.4 is 0 Å². The van der Waals surface area contributed by atoms with Gasteiger partial charge in [-0.3, -0.25) is 4.90 Å². The van der Waals surface area contributed by atoms with E-state index in [0.717, 1.165) is 57.1 Å². The van der Waals surface area contributed by atoms with Crippen LogP contribution in [-0.4, -0.2) is 51.4 Å². The van der Waals surface area contributed by atoms with E-state index in [1.54, 1.807) is 0 Å². The van der Waals surface area contributed by atoms with Crippen LogP contribution in [0.3, 0.4) is 0 Å². The average molecular weight is 341 g/mol. The van der Waals surface area contributed by atoms with Crippen molar-refractivity contribution in [2.24, 2.45) is 0 Å². The lowest BCUT2D eigenvalue weighted by atomic mass is 9.92. The molecule has 1 aliphatic carbocycles. The van der Waals surface area contributed by atoms with Crippen LogP contribution in [0.2, 0.25) is 0 Å². The highest BCUT2D eigenvalue weighted by Crippen LogP contribution is 2.44. The third-order valence-electron chi connectivity index (χ3n) is 5.85. The molecule has 2 aliphatic rings. The van der Waals surface area contributed by atoms with Gasteiger partial charge < -0.3 is 4.74 Å². The molecule has 0 radical (unpaired) electrons. The van der Waals surface area contributed by atoms with Crippen molar-refractivity contribution in [3.63, 3.8) is 0 Å². The van der Waals surface area contributed by atoms with Crippen molar-refractivity contribution < 1.29 is 4.74 Å². The molecule has 2 heterocycles.